The molecule has 0 saturated heterocycles. The van der Waals surface area contributed by atoms with Gasteiger partial charge in [0.2, 0.25) is 0 Å². The summed E-state index contributed by atoms with van der Waals surface area (Å²) < 4.78 is 40.3. The van der Waals surface area contributed by atoms with Crippen LogP contribution < -0.4 is 20.1 Å². The van der Waals surface area contributed by atoms with Gasteiger partial charge in [-0.1, -0.05) is 30.3 Å². The summed E-state index contributed by atoms with van der Waals surface area (Å²) >= 11 is 0. The van der Waals surface area contributed by atoms with Gasteiger partial charge in [-0.2, -0.15) is 8.78 Å². The normalized spacial score (nSPS) is 11.0. The van der Waals surface area contributed by atoms with Crippen molar-refractivity contribution in [3.8, 4) is 11.5 Å². The zero-order valence-corrected chi connectivity index (χ0v) is 19.4. The predicted octanol–water partition coefficient (Wildman–Crippen LogP) is 4.19. The first-order valence-electron chi connectivity index (χ1n) is 9.38. The molecule has 6 nitrogen and oxygen atoms in total. The third-order valence-corrected chi connectivity index (χ3v) is 3.85. The van der Waals surface area contributed by atoms with Crippen molar-refractivity contribution in [3.63, 3.8) is 0 Å². The van der Waals surface area contributed by atoms with Crippen LogP contribution in [-0.2, 0) is 17.8 Å². The van der Waals surface area contributed by atoms with Gasteiger partial charge < -0.3 is 24.8 Å². The monoisotopic (exact) mass is 535 g/mol. The Morgan fingerprint density at radius 1 is 1.07 bits per heavy atom. The van der Waals surface area contributed by atoms with Gasteiger partial charge in [0.15, 0.2) is 5.96 Å². The number of ether oxygens (including phenoxy) is 3. The number of hydrogen-bond acceptors (Lipinski definition) is 4. The first-order chi connectivity index (χ1) is 14.1. The molecule has 0 aliphatic rings. The van der Waals surface area contributed by atoms with E-state index in [1.54, 1.807) is 25.3 Å². The minimum atomic E-state index is -2.86. The van der Waals surface area contributed by atoms with E-state index in [0.29, 0.717) is 44.4 Å². The van der Waals surface area contributed by atoms with Crippen molar-refractivity contribution < 1.29 is 23.0 Å². The minimum absolute atomic E-state index is 0. The van der Waals surface area contributed by atoms with Crippen molar-refractivity contribution in [2.45, 2.75) is 26.6 Å². The van der Waals surface area contributed by atoms with Crippen molar-refractivity contribution in [1.29, 1.82) is 0 Å². The van der Waals surface area contributed by atoms with Gasteiger partial charge in [0.25, 0.3) is 0 Å². The molecule has 0 fully saturated rings. The fraction of sp³-hybridized carbons (Fsp3) is 0.381. The standard InChI is InChI=1S/C21H27F2N3O3.HI/c1-3-24-21(26-15-17-8-4-5-10-19(17)29-20(22)23)25-14-16-7-6-9-18(13-16)28-12-11-27-2;/h4-10,13,20H,3,11-12,14-15H2,1-2H3,(H2,24,25,26);1H. The molecule has 2 rings (SSSR count). The molecule has 0 saturated carbocycles. The van der Waals surface area contributed by atoms with Gasteiger partial charge in [0.05, 0.1) is 13.2 Å². The van der Waals surface area contributed by atoms with Crippen LogP contribution in [0.4, 0.5) is 8.78 Å². The number of nitrogens with zero attached hydrogens (tertiary/aromatic N) is 1. The summed E-state index contributed by atoms with van der Waals surface area (Å²) in [6, 6.07) is 14.3. The second-order valence-corrected chi connectivity index (χ2v) is 6.02. The maximum atomic E-state index is 12.6. The largest absolute Gasteiger partial charge is 0.491 e. The molecule has 0 atom stereocenters. The minimum Gasteiger partial charge on any atom is -0.491 e. The van der Waals surface area contributed by atoms with Crippen molar-refractivity contribution in [3.05, 3.63) is 59.7 Å². The Hall–Kier alpha value is -2.14. The van der Waals surface area contributed by atoms with E-state index in [4.69, 9.17) is 9.47 Å². The summed E-state index contributed by atoms with van der Waals surface area (Å²) in [5, 5.41) is 6.29. The first kappa shape index (κ1) is 25.9. The number of methoxy groups -OCH3 is 1. The van der Waals surface area contributed by atoms with Crippen LogP contribution >= 0.6 is 24.0 Å². The molecule has 0 aliphatic heterocycles. The molecule has 2 N–H and O–H groups in total. The molecule has 166 valence electrons. The highest BCUT2D eigenvalue weighted by atomic mass is 127. The predicted molar refractivity (Wildman–Crippen MR) is 124 cm³/mol. The Labute approximate surface area is 193 Å². The Morgan fingerprint density at radius 3 is 2.60 bits per heavy atom. The fourth-order valence-corrected chi connectivity index (χ4v) is 2.53. The molecule has 0 heterocycles. The smallest absolute Gasteiger partial charge is 0.387 e. The number of para-hydroxylation sites is 1. The maximum Gasteiger partial charge on any atom is 0.387 e. The number of aliphatic imine (C=N–C) groups is 1. The number of halogens is 3. The van der Waals surface area contributed by atoms with Gasteiger partial charge in [-0.3, -0.25) is 0 Å². The van der Waals surface area contributed by atoms with E-state index >= 15 is 0 Å². The number of hydrogen-bond donors (Lipinski definition) is 2. The van der Waals surface area contributed by atoms with Gasteiger partial charge in [-0.05, 0) is 30.7 Å². The van der Waals surface area contributed by atoms with Gasteiger partial charge in [0, 0.05) is 25.8 Å². The van der Waals surface area contributed by atoms with E-state index in [2.05, 4.69) is 20.4 Å². The Morgan fingerprint density at radius 2 is 1.87 bits per heavy atom. The van der Waals surface area contributed by atoms with E-state index in [1.165, 1.54) is 6.07 Å². The van der Waals surface area contributed by atoms with E-state index in [9.17, 15) is 8.78 Å². The van der Waals surface area contributed by atoms with Crippen LogP contribution in [0.5, 0.6) is 11.5 Å². The summed E-state index contributed by atoms with van der Waals surface area (Å²) in [6.07, 6.45) is 0. The number of nitrogens with one attached hydrogen (secondary N) is 2. The molecular formula is C21H28F2IN3O3. The van der Waals surface area contributed by atoms with Crippen LogP contribution in [0, 0.1) is 0 Å². The lowest BCUT2D eigenvalue weighted by molar-refractivity contribution is -0.0504. The summed E-state index contributed by atoms with van der Waals surface area (Å²) in [5.41, 5.74) is 1.60. The maximum absolute atomic E-state index is 12.6. The lowest BCUT2D eigenvalue weighted by atomic mass is 10.2. The highest BCUT2D eigenvalue weighted by Gasteiger charge is 2.09. The molecule has 0 radical (unpaired) electrons. The van der Waals surface area contributed by atoms with Crippen LogP contribution in [0.1, 0.15) is 18.1 Å². The van der Waals surface area contributed by atoms with Crippen LogP contribution in [0.15, 0.2) is 53.5 Å². The summed E-state index contributed by atoms with van der Waals surface area (Å²) in [6.45, 7) is 1.50. The van der Waals surface area contributed by atoms with Crippen molar-refractivity contribution in [2.24, 2.45) is 4.99 Å². The van der Waals surface area contributed by atoms with Gasteiger partial charge in [-0.15, -0.1) is 24.0 Å². The van der Waals surface area contributed by atoms with E-state index in [0.717, 1.165) is 11.3 Å². The highest BCUT2D eigenvalue weighted by molar-refractivity contribution is 14.0. The Kier molecular flexibility index (Phi) is 12.8. The molecule has 0 aromatic heterocycles. The van der Waals surface area contributed by atoms with E-state index in [-0.39, 0.29) is 29.7 Å². The highest BCUT2D eigenvalue weighted by Crippen LogP contribution is 2.20. The first-order valence-corrected chi connectivity index (χ1v) is 9.38. The summed E-state index contributed by atoms with van der Waals surface area (Å²) in [4.78, 5) is 4.55. The van der Waals surface area contributed by atoms with Crippen LogP contribution in [0.2, 0.25) is 0 Å². The van der Waals surface area contributed by atoms with Crippen molar-refractivity contribution in [1.82, 2.24) is 10.6 Å². The second kappa shape index (κ2) is 14.8. The molecule has 30 heavy (non-hydrogen) atoms. The Balaban J connectivity index is 0.00000450. The SMILES string of the molecule is CCNC(=NCc1cccc(OCCOC)c1)NCc1ccccc1OC(F)F.I. The third-order valence-electron chi connectivity index (χ3n) is 3.85. The topological polar surface area (TPSA) is 64.1 Å². The number of alkyl halides is 2. The van der Waals surface area contributed by atoms with Crippen LogP contribution in [0.25, 0.3) is 0 Å². The lowest BCUT2D eigenvalue weighted by Crippen LogP contribution is -2.36. The van der Waals surface area contributed by atoms with Crippen LogP contribution in [-0.4, -0.2) is 39.4 Å². The van der Waals surface area contributed by atoms with E-state index < -0.39 is 6.61 Å². The molecule has 0 spiro atoms. The summed E-state index contributed by atoms with van der Waals surface area (Å²) in [7, 11) is 1.63. The average molecular weight is 535 g/mol. The number of guanidine groups is 1. The van der Waals surface area contributed by atoms with Gasteiger partial charge in [-0.25, -0.2) is 4.99 Å². The summed E-state index contributed by atoms with van der Waals surface area (Å²) in [5.74, 6) is 1.47. The zero-order chi connectivity index (χ0) is 20.9. The van der Waals surface area contributed by atoms with Crippen molar-refractivity contribution in [2.75, 3.05) is 26.9 Å². The zero-order valence-electron chi connectivity index (χ0n) is 17.1. The third kappa shape index (κ3) is 9.57. The molecule has 2 aromatic carbocycles. The second-order valence-electron chi connectivity index (χ2n) is 6.02. The average Bonchev–Trinajstić information content (AvgIpc) is 2.71. The van der Waals surface area contributed by atoms with Gasteiger partial charge in [0.1, 0.15) is 18.1 Å². The Bertz CT molecular complexity index is 779. The molecule has 0 aliphatic carbocycles. The molecule has 0 bridgehead atoms. The molecule has 0 unspecified atom stereocenters. The number of rotatable bonds is 11. The lowest BCUT2D eigenvalue weighted by Gasteiger charge is -2.14. The molecule has 0 amide bonds. The fourth-order valence-electron chi connectivity index (χ4n) is 2.53. The van der Waals surface area contributed by atoms with Gasteiger partial charge >= 0.3 is 6.61 Å². The molecule has 2 aromatic rings. The number of benzene rings is 2. The molecule has 9 heteroatoms. The van der Waals surface area contributed by atoms with Crippen LogP contribution in [0.3, 0.4) is 0 Å². The van der Waals surface area contributed by atoms with E-state index in [1.807, 2.05) is 31.2 Å². The quantitative estimate of drug-likeness (QED) is 0.196. The van der Waals surface area contributed by atoms with Crippen molar-refractivity contribution >= 4 is 29.9 Å². The molecular weight excluding hydrogens is 507 g/mol.